The predicted molar refractivity (Wildman–Crippen MR) is 119 cm³/mol. The van der Waals surface area contributed by atoms with Crippen LogP contribution >= 0.6 is 0 Å². The number of carbonyl (C=O) groups is 1. The highest BCUT2D eigenvalue weighted by atomic mass is 16.6. The van der Waals surface area contributed by atoms with Crippen molar-refractivity contribution in [2.45, 2.75) is 30.7 Å². The van der Waals surface area contributed by atoms with Crippen molar-refractivity contribution in [1.82, 2.24) is 10.3 Å². The molecule has 1 aliphatic carbocycles. The third kappa shape index (κ3) is 3.75. The number of aromatic nitrogens is 2. The van der Waals surface area contributed by atoms with Crippen LogP contribution in [0, 0.1) is 10.1 Å². The summed E-state index contributed by atoms with van der Waals surface area (Å²) < 4.78 is 0.934. The first-order valence-corrected chi connectivity index (χ1v) is 10.9. The van der Waals surface area contributed by atoms with Crippen LogP contribution in [-0.2, 0) is 5.41 Å². The highest BCUT2D eigenvalue weighted by molar-refractivity contribution is 5.92. The van der Waals surface area contributed by atoms with E-state index in [0.717, 1.165) is 29.6 Å². The quantitative estimate of drug-likeness (QED) is 0.276. The lowest BCUT2D eigenvalue weighted by molar-refractivity contribution is -0.894. The molecule has 1 atom stereocenters. The van der Waals surface area contributed by atoms with Crippen LogP contribution in [0.4, 0.5) is 11.5 Å². The molecule has 1 fully saturated rings. The molecular formula is C24H24N5O4+. The molecule has 3 aromatic rings. The molecule has 33 heavy (non-hydrogen) atoms. The lowest BCUT2D eigenvalue weighted by Gasteiger charge is -2.37. The van der Waals surface area contributed by atoms with Gasteiger partial charge >= 0.3 is 5.82 Å². The molecule has 3 heterocycles. The summed E-state index contributed by atoms with van der Waals surface area (Å²) in [5, 5.41) is 24.6. The number of hydrogen-bond acceptors (Lipinski definition) is 6. The molecule has 1 unspecified atom stereocenters. The van der Waals surface area contributed by atoms with Crippen LogP contribution in [0.2, 0.25) is 0 Å². The van der Waals surface area contributed by atoms with Crippen molar-refractivity contribution >= 4 is 17.4 Å². The Kier molecular flexibility index (Phi) is 5.16. The molecule has 1 aliphatic heterocycles. The fraction of sp³-hybridized carbons (Fsp3) is 0.292. The molecule has 0 radical (unpaired) electrons. The number of piperidine rings is 1. The van der Waals surface area contributed by atoms with E-state index < -0.39 is 4.92 Å². The summed E-state index contributed by atoms with van der Waals surface area (Å²) in [5.41, 5.74) is 2.61. The first kappa shape index (κ1) is 20.9. The number of hydrogen-bond donors (Lipinski definition) is 2. The molecular weight excluding hydrogens is 422 g/mol. The number of rotatable bonds is 4. The average Bonchev–Trinajstić information content (AvgIpc) is 3.13. The highest BCUT2D eigenvalue weighted by Crippen LogP contribution is 2.51. The topological polar surface area (TPSA) is 112 Å². The molecule has 2 N–H and O–H groups in total. The van der Waals surface area contributed by atoms with Crippen molar-refractivity contribution in [3.05, 3.63) is 93.9 Å². The number of nitrogens with zero attached hydrogens (tertiary/aromatic N) is 4. The Morgan fingerprint density at radius 3 is 2.67 bits per heavy atom. The molecule has 2 aliphatic rings. The maximum absolute atomic E-state index is 12.8. The van der Waals surface area contributed by atoms with E-state index >= 15 is 0 Å². The van der Waals surface area contributed by atoms with Gasteiger partial charge in [0, 0.05) is 11.6 Å². The molecule has 168 valence electrons. The first-order chi connectivity index (χ1) is 16.0. The lowest BCUT2D eigenvalue weighted by Crippen LogP contribution is -2.47. The maximum Gasteiger partial charge on any atom is 0.322 e. The van der Waals surface area contributed by atoms with E-state index in [2.05, 4.69) is 22.4 Å². The Balaban J connectivity index is 1.37. The summed E-state index contributed by atoms with van der Waals surface area (Å²) in [5.74, 6) is 0.216. The summed E-state index contributed by atoms with van der Waals surface area (Å²) in [4.78, 5) is 29.6. The van der Waals surface area contributed by atoms with Crippen molar-refractivity contribution in [3.8, 4) is 0 Å². The second-order valence-electron chi connectivity index (χ2n) is 8.64. The van der Waals surface area contributed by atoms with Crippen LogP contribution in [0.1, 0.15) is 46.9 Å². The predicted octanol–water partition coefficient (Wildman–Crippen LogP) is 2.93. The highest BCUT2D eigenvalue weighted by Gasteiger charge is 2.47. The molecule has 0 saturated carbocycles. The molecule has 5 rings (SSSR count). The number of nitro groups is 1. The molecule has 1 amide bonds. The first-order valence-electron chi connectivity index (χ1n) is 10.9. The fourth-order valence-corrected chi connectivity index (χ4v) is 5.21. The smallest absolute Gasteiger partial charge is 0.322 e. The minimum atomic E-state index is -0.461. The number of fused-ring (bicyclic) bond motifs is 2. The van der Waals surface area contributed by atoms with Gasteiger partial charge in [-0.3, -0.25) is 24.8 Å². The second-order valence-corrected chi connectivity index (χ2v) is 8.64. The van der Waals surface area contributed by atoms with E-state index in [1.165, 1.54) is 23.9 Å². The monoisotopic (exact) mass is 446 g/mol. The Labute approximate surface area is 190 Å². The van der Waals surface area contributed by atoms with Gasteiger partial charge in [-0.2, -0.15) is 0 Å². The zero-order valence-corrected chi connectivity index (χ0v) is 17.9. The minimum absolute atomic E-state index is 0.0564. The molecule has 9 nitrogen and oxygen atoms in total. The third-order valence-electron chi connectivity index (χ3n) is 6.86. The SMILES string of the molecule is O=C(NC1CC2(CCN(c3cc([N+](=O)[O-])cc[n+]3O)CC2)c2ccccc21)c1ccccn1. The van der Waals surface area contributed by atoms with Crippen LogP contribution in [0.15, 0.2) is 67.0 Å². The molecule has 2 aromatic heterocycles. The Morgan fingerprint density at radius 1 is 1.18 bits per heavy atom. The summed E-state index contributed by atoms with van der Waals surface area (Å²) in [7, 11) is 0. The number of nitrogens with one attached hydrogen (secondary N) is 1. The van der Waals surface area contributed by atoms with Gasteiger partial charge in [-0.05, 0) is 42.5 Å². The van der Waals surface area contributed by atoms with Crippen LogP contribution in [0.5, 0.6) is 0 Å². The normalized spacial score (nSPS) is 18.7. The average molecular weight is 446 g/mol. The maximum atomic E-state index is 12.8. The summed E-state index contributed by atoms with van der Waals surface area (Å²) in [6.07, 6.45) is 5.31. The third-order valence-corrected chi connectivity index (χ3v) is 6.86. The molecule has 9 heteroatoms. The lowest BCUT2D eigenvalue weighted by atomic mass is 9.73. The van der Waals surface area contributed by atoms with Gasteiger partial charge in [0.05, 0.1) is 30.1 Å². The molecule has 0 bridgehead atoms. The van der Waals surface area contributed by atoms with E-state index in [9.17, 15) is 20.1 Å². The van der Waals surface area contributed by atoms with Gasteiger partial charge in [0.2, 0.25) is 0 Å². The Hall–Kier alpha value is -4.01. The Bertz CT molecular complexity index is 1210. The number of carbonyl (C=O) groups excluding carboxylic acids is 1. The van der Waals surface area contributed by atoms with Gasteiger partial charge in [0.25, 0.3) is 11.6 Å². The van der Waals surface area contributed by atoms with E-state index in [1.807, 2.05) is 17.0 Å². The fourth-order valence-electron chi connectivity index (χ4n) is 5.21. The van der Waals surface area contributed by atoms with Gasteiger partial charge in [-0.25, -0.2) is 0 Å². The zero-order valence-electron chi connectivity index (χ0n) is 17.9. The molecule has 1 aromatic carbocycles. The van der Waals surface area contributed by atoms with Gasteiger partial charge in [-0.15, -0.1) is 0 Å². The van der Waals surface area contributed by atoms with Crippen molar-refractivity contribution in [3.63, 3.8) is 0 Å². The Morgan fingerprint density at radius 2 is 1.94 bits per heavy atom. The number of benzene rings is 1. The van der Waals surface area contributed by atoms with Crippen LogP contribution in [-0.4, -0.2) is 34.1 Å². The van der Waals surface area contributed by atoms with Gasteiger partial charge in [-0.1, -0.05) is 35.1 Å². The van der Waals surface area contributed by atoms with E-state index in [-0.39, 0.29) is 23.1 Å². The number of anilines is 1. The van der Waals surface area contributed by atoms with E-state index in [4.69, 9.17) is 0 Å². The van der Waals surface area contributed by atoms with Crippen molar-refractivity contribution in [2.24, 2.45) is 0 Å². The molecule has 1 spiro atoms. The largest absolute Gasteiger partial charge is 0.350 e. The summed E-state index contributed by atoms with van der Waals surface area (Å²) in [6, 6.07) is 16.1. The summed E-state index contributed by atoms with van der Waals surface area (Å²) in [6.45, 7) is 1.27. The zero-order chi connectivity index (χ0) is 23.0. The second kappa shape index (κ2) is 8.16. The van der Waals surface area contributed by atoms with Gasteiger partial charge in [0.1, 0.15) is 18.0 Å². The van der Waals surface area contributed by atoms with Crippen molar-refractivity contribution in [1.29, 1.82) is 0 Å². The standard InChI is InChI=1S/C24H23N5O4/c30-23(20-7-3-4-11-25-20)26-21-16-24(19-6-2-1-5-18(19)21)9-13-27(14-10-24)22-15-17(29(32)33)8-12-28(22)31/h1-8,11-12,15,21H,9-10,13-14,16H2,(H-,26,30,31)/p+1. The molecule has 1 saturated heterocycles. The van der Waals surface area contributed by atoms with Crippen molar-refractivity contribution < 1.29 is 19.7 Å². The van der Waals surface area contributed by atoms with Crippen LogP contribution in [0.25, 0.3) is 0 Å². The van der Waals surface area contributed by atoms with Crippen LogP contribution in [0.3, 0.4) is 0 Å². The van der Waals surface area contributed by atoms with Crippen molar-refractivity contribution in [2.75, 3.05) is 18.0 Å². The number of pyridine rings is 2. The van der Waals surface area contributed by atoms with Gasteiger partial charge < -0.3 is 10.5 Å². The van der Waals surface area contributed by atoms with Crippen LogP contribution < -0.4 is 14.9 Å². The summed E-state index contributed by atoms with van der Waals surface area (Å²) >= 11 is 0. The van der Waals surface area contributed by atoms with Gasteiger partial charge in [0.15, 0.2) is 0 Å². The minimum Gasteiger partial charge on any atom is -0.350 e. The number of amides is 1. The van der Waals surface area contributed by atoms with E-state index in [0.29, 0.717) is 24.6 Å². The van der Waals surface area contributed by atoms with E-state index in [1.54, 1.807) is 24.4 Å².